The molecule has 0 aliphatic carbocycles. The van der Waals surface area contributed by atoms with Crippen LogP contribution in [-0.4, -0.2) is 55.8 Å². The number of esters is 2. The highest BCUT2D eigenvalue weighted by molar-refractivity contribution is 5.98. The number of carbonyl (C=O) groups is 3. The van der Waals surface area contributed by atoms with E-state index in [1.54, 1.807) is 6.92 Å². The lowest BCUT2D eigenvalue weighted by atomic mass is 9.91. The van der Waals surface area contributed by atoms with Gasteiger partial charge in [0, 0.05) is 26.3 Å². The van der Waals surface area contributed by atoms with Gasteiger partial charge in [0.2, 0.25) is 5.75 Å². The summed E-state index contributed by atoms with van der Waals surface area (Å²) in [5, 5.41) is 2.49. The first-order valence-electron chi connectivity index (χ1n) is 12.3. The minimum absolute atomic E-state index is 0.0345. The second kappa shape index (κ2) is 14.5. The summed E-state index contributed by atoms with van der Waals surface area (Å²) in [6.45, 7) is 4.59. The molecular weight excluding hydrogens is 521 g/mol. The molecule has 1 heterocycles. The molecule has 9 nitrogen and oxygen atoms in total. The van der Waals surface area contributed by atoms with Crippen LogP contribution in [0.4, 0.5) is 13.2 Å². The summed E-state index contributed by atoms with van der Waals surface area (Å²) < 4.78 is 59.4. The maximum atomic E-state index is 12.9. The topological polar surface area (TPSA) is 113 Å². The molecule has 0 unspecified atom stereocenters. The van der Waals surface area contributed by atoms with E-state index >= 15 is 0 Å². The molecule has 0 spiro atoms. The first-order valence-corrected chi connectivity index (χ1v) is 12.3. The predicted octanol–water partition coefficient (Wildman–Crippen LogP) is 4.37. The second-order valence-corrected chi connectivity index (χ2v) is 8.92. The third kappa shape index (κ3) is 9.54. The second-order valence-electron chi connectivity index (χ2n) is 8.92. The van der Waals surface area contributed by atoms with Crippen LogP contribution >= 0.6 is 0 Å². The summed E-state index contributed by atoms with van der Waals surface area (Å²) in [6.07, 6.45) is -2.00. The third-order valence-corrected chi connectivity index (χ3v) is 5.84. The first-order chi connectivity index (χ1) is 18.4. The molecule has 0 radical (unpaired) electrons. The van der Waals surface area contributed by atoms with Crippen molar-refractivity contribution in [2.45, 2.75) is 58.4 Å². The number of benzene rings is 1. The summed E-state index contributed by atoms with van der Waals surface area (Å²) in [7, 11) is 2.68. The lowest BCUT2D eigenvalue weighted by Gasteiger charge is -2.23. The fourth-order valence-corrected chi connectivity index (χ4v) is 3.91. The molecule has 0 saturated heterocycles. The Morgan fingerprint density at radius 3 is 2.28 bits per heavy atom. The monoisotopic (exact) mass is 554 g/mol. The Kier molecular flexibility index (Phi) is 11.7. The molecule has 39 heavy (non-hydrogen) atoms. The van der Waals surface area contributed by atoms with Crippen molar-refractivity contribution in [3.63, 3.8) is 0 Å². The largest absolute Gasteiger partial charge is 0.493 e. The maximum Gasteiger partial charge on any atom is 0.416 e. The van der Waals surface area contributed by atoms with Crippen molar-refractivity contribution >= 4 is 17.8 Å². The van der Waals surface area contributed by atoms with Crippen molar-refractivity contribution in [3.05, 3.63) is 53.3 Å². The number of nitrogens with zero attached hydrogens (tertiary/aromatic N) is 1. The molecule has 0 aliphatic rings. The normalized spacial score (nSPS) is 13.6. The highest BCUT2D eigenvalue weighted by atomic mass is 19.4. The van der Waals surface area contributed by atoms with E-state index in [9.17, 15) is 27.6 Å². The van der Waals surface area contributed by atoms with E-state index in [0.717, 1.165) is 24.6 Å². The summed E-state index contributed by atoms with van der Waals surface area (Å²) in [5.74, 6) is -2.32. The van der Waals surface area contributed by atoms with Crippen LogP contribution in [0.15, 0.2) is 36.5 Å². The quantitative estimate of drug-likeness (QED) is 0.363. The number of hydrogen-bond donors (Lipinski definition) is 1. The van der Waals surface area contributed by atoms with Crippen LogP contribution in [0, 0.1) is 5.92 Å². The number of aromatic nitrogens is 1. The zero-order valence-electron chi connectivity index (χ0n) is 22.5. The number of hydrogen-bond acceptors (Lipinski definition) is 8. The molecule has 3 atom stereocenters. The number of rotatable bonds is 13. The summed E-state index contributed by atoms with van der Waals surface area (Å²) >= 11 is 0. The summed E-state index contributed by atoms with van der Waals surface area (Å²) in [4.78, 5) is 41.3. The Bertz CT molecular complexity index is 1120. The summed E-state index contributed by atoms with van der Waals surface area (Å²) in [5.41, 5.74) is -0.238. The van der Waals surface area contributed by atoms with E-state index < -0.39 is 41.7 Å². The Morgan fingerprint density at radius 1 is 1.08 bits per heavy atom. The number of carbonyl (C=O) groups excluding carboxylic acids is 3. The van der Waals surface area contributed by atoms with Gasteiger partial charge in [-0.1, -0.05) is 25.5 Å². The predicted molar refractivity (Wildman–Crippen MR) is 134 cm³/mol. The number of ether oxygens (including phenoxy) is 4. The average Bonchev–Trinajstić information content (AvgIpc) is 2.87. The number of alkyl halides is 3. The highest BCUT2D eigenvalue weighted by Crippen LogP contribution is 2.31. The Morgan fingerprint density at radius 2 is 1.74 bits per heavy atom. The van der Waals surface area contributed by atoms with Gasteiger partial charge in [0.25, 0.3) is 5.91 Å². The first kappa shape index (κ1) is 31.5. The SMILES string of the molecule is CC[C@H](Cc1ccc(C(F)(F)F)cc1)C[C@H](C)OC(=O)[C@H](COC)NC(=O)c1nccc(OC)c1OC(C)=O. The summed E-state index contributed by atoms with van der Waals surface area (Å²) in [6, 6.07) is 5.21. The zero-order valence-corrected chi connectivity index (χ0v) is 22.5. The van der Waals surface area contributed by atoms with Crippen molar-refractivity contribution in [1.82, 2.24) is 10.3 Å². The molecule has 0 fully saturated rings. The van der Waals surface area contributed by atoms with Crippen LogP contribution in [-0.2, 0) is 31.7 Å². The third-order valence-electron chi connectivity index (χ3n) is 5.84. The highest BCUT2D eigenvalue weighted by Gasteiger charge is 2.31. The smallest absolute Gasteiger partial charge is 0.416 e. The number of nitrogens with one attached hydrogen (secondary N) is 1. The minimum atomic E-state index is -4.40. The van der Waals surface area contributed by atoms with Gasteiger partial charge < -0.3 is 24.3 Å². The molecule has 1 aromatic carbocycles. The molecule has 2 aromatic rings. The molecule has 1 aromatic heterocycles. The molecule has 214 valence electrons. The molecule has 0 saturated carbocycles. The van der Waals surface area contributed by atoms with Crippen LogP contribution in [0.1, 0.15) is 55.2 Å². The van der Waals surface area contributed by atoms with E-state index in [4.69, 9.17) is 18.9 Å². The van der Waals surface area contributed by atoms with Gasteiger partial charge in [0.15, 0.2) is 17.5 Å². The lowest BCUT2D eigenvalue weighted by molar-refractivity contribution is -0.152. The van der Waals surface area contributed by atoms with Crippen LogP contribution in [0.3, 0.4) is 0 Å². The van der Waals surface area contributed by atoms with Crippen molar-refractivity contribution in [2.24, 2.45) is 5.92 Å². The lowest BCUT2D eigenvalue weighted by Crippen LogP contribution is -2.46. The van der Waals surface area contributed by atoms with Gasteiger partial charge >= 0.3 is 18.1 Å². The molecule has 12 heteroatoms. The van der Waals surface area contributed by atoms with Gasteiger partial charge in [0.1, 0.15) is 0 Å². The standard InChI is InChI=1S/C27H33F3N2O7/c1-6-18(14-19-7-9-20(10-8-19)27(28,29)30)13-16(2)38-26(35)21(15-36-4)32-25(34)23-24(39-17(3)33)22(37-5)11-12-31-23/h7-12,16,18,21H,6,13-15H2,1-5H3,(H,32,34)/t16-,18-,21-/m0/s1. The van der Waals surface area contributed by atoms with Crippen LogP contribution < -0.4 is 14.8 Å². The van der Waals surface area contributed by atoms with Gasteiger partial charge in [-0.25, -0.2) is 9.78 Å². The van der Waals surface area contributed by atoms with Crippen molar-refractivity contribution in [2.75, 3.05) is 20.8 Å². The molecule has 2 rings (SSSR count). The average molecular weight is 555 g/mol. The van der Waals surface area contributed by atoms with Crippen molar-refractivity contribution < 1.29 is 46.5 Å². The van der Waals surface area contributed by atoms with E-state index in [1.165, 1.54) is 38.6 Å². The van der Waals surface area contributed by atoms with E-state index in [1.807, 2.05) is 6.92 Å². The fourth-order valence-electron chi connectivity index (χ4n) is 3.91. The molecule has 0 bridgehead atoms. The fraction of sp³-hybridized carbons (Fsp3) is 0.481. The van der Waals surface area contributed by atoms with E-state index in [0.29, 0.717) is 19.3 Å². The Labute approximate surface area is 225 Å². The number of halogens is 3. The molecule has 0 aliphatic heterocycles. The maximum absolute atomic E-state index is 12.9. The minimum Gasteiger partial charge on any atom is -0.493 e. The molecule has 1 amide bonds. The van der Waals surface area contributed by atoms with Gasteiger partial charge in [0.05, 0.1) is 25.4 Å². The Hall–Kier alpha value is -3.67. The van der Waals surface area contributed by atoms with E-state index in [2.05, 4.69) is 10.3 Å². The van der Waals surface area contributed by atoms with Crippen LogP contribution in [0.5, 0.6) is 11.5 Å². The van der Waals surface area contributed by atoms with Gasteiger partial charge in [-0.15, -0.1) is 0 Å². The zero-order chi connectivity index (χ0) is 29.2. The molecular formula is C27H33F3N2O7. The van der Waals surface area contributed by atoms with Gasteiger partial charge in [-0.2, -0.15) is 13.2 Å². The van der Waals surface area contributed by atoms with Gasteiger partial charge in [-0.3, -0.25) is 9.59 Å². The van der Waals surface area contributed by atoms with Gasteiger partial charge in [-0.05, 0) is 43.4 Å². The number of pyridine rings is 1. The number of methoxy groups -OCH3 is 2. The van der Waals surface area contributed by atoms with Crippen molar-refractivity contribution in [1.29, 1.82) is 0 Å². The van der Waals surface area contributed by atoms with Crippen LogP contribution in [0.25, 0.3) is 0 Å². The Balaban J connectivity index is 2.06. The van der Waals surface area contributed by atoms with Crippen molar-refractivity contribution in [3.8, 4) is 11.5 Å². The molecule has 1 N–H and O–H groups in total. The number of amides is 1. The van der Waals surface area contributed by atoms with E-state index in [-0.39, 0.29) is 29.7 Å². The van der Waals surface area contributed by atoms with Crippen LogP contribution in [0.2, 0.25) is 0 Å².